The minimum atomic E-state index is -1.07. The molecule has 0 bridgehead atoms. The molecule has 3 N–H and O–H groups in total. The van der Waals surface area contributed by atoms with E-state index in [1.165, 1.54) is 10.9 Å². The third-order valence-corrected chi connectivity index (χ3v) is 4.87. The molecule has 1 aliphatic heterocycles. The second kappa shape index (κ2) is 10.1. The fourth-order valence-electron chi connectivity index (χ4n) is 3.37. The van der Waals surface area contributed by atoms with Gasteiger partial charge in [-0.15, -0.1) is 0 Å². The second-order valence-electron chi connectivity index (χ2n) is 6.99. The number of nitrogens with zero attached hydrogens (tertiary/aromatic N) is 3. The highest BCUT2D eigenvalue weighted by Crippen LogP contribution is 2.33. The van der Waals surface area contributed by atoms with Gasteiger partial charge in [-0.05, 0) is 13.8 Å². The molecule has 0 radical (unpaired) electrons. The van der Waals surface area contributed by atoms with Crippen LogP contribution in [0.3, 0.4) is 0 Å². The Kier molecular flexibility index (Phi) is 7.49. The summed E-state index contributed by atoms with van der Waals surface area (Å²) < 4.78 is 18.5. The molecule has 2 aromatic rings. The summed E-state index contributed by atoms with van der Waals surface area (Å²) in [5.41, 5.74) is -0.461. The largest absolute Gasteiger partial charge is 0.386 e. The number of aromatic nitrogens is 4. The van der Waals surface area contributed by atoms with Crippen molar-refractivity contribution in [1.82, 2.24) is 19.5 Å². The van der Waals surface area contributed by atoms with Crippen LogP contribution < -0.4 is 10.9 Å². The van der Waals surface area contributed by atoms with Gasteiger partial charge in [0.15, 0.2) is 17.4 Å². The number of carbonyl (C=O) groups is 2. The highest BCUT2D eigenvalue weighted by Gasteiger charge is 2.46. The van der Waals surface area contributed by atoms with Crippen LogP contribution in [0.2, 0.25) is 0 Å². The molecule has 12 nitrogen and oxygen atoms in total. The second-order valence-corrected chi connectivity index (χ2v) is 6.99. The van der Waals surface area contributed by atoms with E-state index in [1.807, 2.05) is 13.8 Å². The van der Waals surface area contributed by atoms with Crippen LogP contribution in [0.5, 0.6) is 0 Å². The molecule has 31 heavy (non-hydrogen) atoms. The summed E-state index contributed by atoms with van der Waals surface area (Å²) in [6.07, 6.45) is -1.92. The van der Waals surface area contributed by atoms with Gasteiger partial charge in [-0.25, -0.2) is 4.98 Å². The number of fused-ring (bicyclic) bond motifs is 1. The number of hydrogen-bond acceptors (Lipinski definition) is 9. The minimum Gasteiger partial charge on any atom is -0.386 e. The Hall–Kier alpha value is -2.67. The van der Waals surface area contributed by atoms with E-state index >= 15 is 0 Å². The lowest BCUT2D eigenvalue weighted by molar-refractivity contribution is -0.125. The fraction of sp³-hybridized carbons (Fsp3) is 0.632. The molecule has 1 aliphatic rings. The van der Waals surface area contributed by atoms with Crippen LogP contribution in [-0.2, 0) is 23.8 Å². The molecule has 3 heterocycles. The fourth-order valence-corrected chi connectivity index (χ4v) is 3.37. The maximum Gasteiger partial charge on any atom is 0.280 e. The first-order chi connectivity index (χ1) is 14.9. The predicted octanol–water partition coefficient (Wildman–Crippen LogP) is 0.127. The lowest BCUT2D eigenvalue weighted by Crippen LogP contribution is -2.36. The van der Waals surface area contributed by atoms with Gasteiger partial charge in [-0.2, -0.15) is 4.98 Å². The minimum absolute atomic E-state index is 0.0136. The van der Waals surface area contributed by atoms with E-state index in [-0.39, 0.29) is 42.3 Å². The number of aromatic amines is 1. The number of carbonyl (C=O) groups excluding carboxylic acids is 2. The van der Waals surface area contributed by atoms with Crippen molar-refractivity contribution in [3.8, 4) is 0 Å². The molecule has 0 saturated carbocycles. The van der Waals surface area contributed by atoms with Crippen LogP contribution in [0, 0.1) is 0 Å². The number of anilines is 1. The van der Waals surface area contributed by atoms with Crippen LogP contribution >= 0.6 is 0 Å². The first-order valence-electron chi connectivity index (χ1n) is 10.2. The highest BCUT2D eigenvalue weighted by atomic mass is 16.6. The Balaban J connectivity index is 1.90. The number of Topliss-reactive ketones (excluding diaryl/α,β-unsaturated/α-hetero) is 1. The number of amides is 1. The number of hydrogen-bond donors (Lipinski definition) is 3. The Bertz CT molecular complexity index is 988. The first-order valence-corrected chi connectivity index (χ1v) is 10.2. The van der Waals surface area contributed by atoms with Gasteiger partial charge in [-0.3, -0.25) is 29.3 Å². The number of ether oxygens (including phenoxy) is 3. The smallest absolute Gasteiger partial charge is 0.280 e. The van der Waals surface area contributed by atoms with Gasteiger partial charge >= 0.3 is 0 Å². The summed E-state index contributed by atoms with van der Waals surface area (Å²) >= 11 is 0. The zero-order valence-corrected chi connectivity index (χ0v) is 17.7. The van der Waals surface area contributed by atoms with Crippen molar-refractivity contribution in [3.63, 3.8) is 0 Å². The molecule has 2 aromatic heterocycles. The number of ketones is 1. The Morgan fingerprint density at radius 1 is 1.32 bits per heavy atom. The molecular formula is C19H27N5O7. The summed E-state index contributed by atoms with van der Waals surface area (Å²) in [7, 11) is 0. The van der Waals surface area contributed by atoms with Gasteiger partial charge in [0.25, 0.3) is 5.56 Å². The van der Waals surface area contributed by atoms with Crippen molar-refractivity contribution in [3.05, 3.63) is 16.7 Å². The number of imidazole rings is 1. The Morgan fingerprint density at radius 3 is 2.77 bits per heavy atom. The predicted molar refractivity (Wildman–Crippen MR) is 109 cm³/mol. The quantitative estimate of drug-likeness (QED) is 0.439. The number of nitrogens with one attached hydrogen (secondary N) is 2. The van der Waals surface area contributed by atoms with E-state index in [9.17, 15) is 19.5 Å². The highest BCUT2D eigenvalue weighted by molar-refractivity contribution is 6.03. The molecule has 0 spiro atoms. The standard InChI is InChI=1S/C19H27N5O7/c1-4-10(25)7-12(26)21-19-22-16-13(17(28)23-19)20-9-24(16)18-14(27)15(30-6-3)11(31-18)8-29-5-2/h9,11,14-15,18,27H,4-8H2,1-3H3,(H2,21,22,23,26,28)/t11-,14+,15?,18-/m1/s1. The molecule has 4 atom stereocenters. The van der Waals surface area contributed by atoms with E-state index in [0.717, 1.165) is 0 Å². The van der Waals surface area contributed by atoms with Gasteiger partial charge in [0.2, 0.25) is 11.9 Å². The lowest BCUT2D eigenvalue weighted by Gasteiger charge is -2.19. The average molecular weight is 437 g/mol. The third kappa shape index (κ3) is 4.98. The monoisotopic (exact) mass is 437 g/mol. The summed E-state index contributed by atoms with van der Waals surface area (Å²) in [5.74, 6) is -0.964. The van der Waals surface area contributed by atoms with Crippen molar-refractivity contribution in [2.75, 3.05) is 25.1 Å². The van der Waals surface area contributed by atoms with Gasteiger partial charge in [-0.1, -0.05) is 6.92 Å². The number of rotatable bonds is 10. The molecular weight excluding hydrogens is 410 g/mol. The van der Waals surface area contributed by atoms with E-state index in [4.69, 9.17) is 14.2 Å². The maximum absolute atomic E-state index is 12.4. The van der Waals surface area contributed by atoms with Crippen LogP contribution in [0.15, 0.2) is 11.1 Å². The van der Waals surface area contributed by atoms with Gasteiger partial charge < -0.3 is 19.3 Å². The van der Waals surface area contributed by atoms with Crippen LogP contribution in [0.25, 0.3) is 11.2 Å². The number of H-pyrrole nitrogens is 1. The zero-order chi connectivity index (χ0) is 22.5. The average Bonchev–Trinajstić information content (AvgIpc) is 3.28. The van der Waals surface area contributed by atoms with Gasteiger partial charge in [0.1, 0.15) is 24.1 Å². The molecule has 0 aromatic carbocycles. The van der Waals surface area contributed by atoms with Crippen LogP contribution in [0.1, 0.15) is 39.8 Å². The van der Waals surface area contributed by atoms with E-state index < -0.39 is 36.0 Å². The maximum atomic E-state index is 12.4. The molecule has 1 saturated heterocycles. The van der Waals surface area contributed by atoms with E-state index in [2.05, 4.69) is 20.3 Å². The van der Waals surface area contributed by atoms with Crippen molar-refractivity contribution in [1.29, 1.82) is 0 Å². The summed E-state index contributed by atoms with van der Waals surface area (Å²) in [6.45, 7) is 6.39. The van der Waals surface area contributed by atoms with Crippen molar-refractivity contribution >= 4 is 28.8 Å². The Labute approximate surface area is 177 Å². The topological polar surface area (TPSA) is 158 Å². The molecule has 170 valence electrons. The normalized spacial score (nSPS) is 23.4. The van der Waals surface area contributed by atoms with Crippen LogP contribution in [-0.4, -0.2) is 74.4 Å². The summed E-state index contributed by atoms with van der Waals surface area (Å²) in [4.78, 5) is 46.6. The van der Waals surface area contributed by atoms with Crippen molar-refractivity contribution in [2.45, 2.75) is 58.2 Å². The zero-order valence-electron chi connectivity index (χ0n) is 17.7. The molecule has 0 aliphatic carbocycles. The van der Waals surface area contributed by atoms with E-state index in [0.29, 0.717) is 13.2 Å². The molecule has 1 amide bonds. The Morgan fingerprint density at radius 2 is 2.10 bits per heavy atom. The van der Waals surface area contributed by atoms with Crippen LogP contribution in [0.4, 0.5) is 5.95 Å². The summed E-state index contributed by atoms with van der Waals surface area (Å²) in [5, 5.41) is 13.2. The molecule has 1 fully saturated rings. The molecule has 1 unspecified atom stereocenters. The first kappa shape index (κ1) is 23.0. The van der Waals surface area contributed by atoms with E-state index in [1.54, 1.807) is 6.92 Å². The summed E-state index contributed by atoms with van der Waals surface area (Å²) in [6, 6.07) is 0. The third-order valence-electron chi connectivity index (χ3n) is 4.87. The molecule has 12 heteroatoms. The SMILES string of the molecule is CCOC[C@H]1O[C@@H](n2cnc3c(=O)[nH]c(NC(=O)CC(=O)CC)nc32)[C@@H](O)C1OCC. The van der Waals surface area contributed by atoms with Gasteiger partial charge in [0.05, 0.1) is 19.4 Å². The van der Waals surface area contributed by atoms with Crippen molar-refractivity contribution in [2.24, 2.45) is 0 Å². The number of aliphatic hydroxyl groups excluding tert-OH is 1. The number of aliphatic hydroxyl groups is 1. The van der Waals surface area contributed by atoms with Crippen molar-refractivity contribution < 1.29 is 28.9 Å². The van der Waals surface area contributed by atoms with Gasteiger partial charge in [0, 0.05) is 19.6 Å². The molecule has 3 rings (SSSR count). The lowest BCUT2D eigenvalue weighted by atomic mass is 10.1.